The Balaban J connectivity index is 1.90. The first kappa shape index (κ1) is 21.6. The fourth-order valence-electron chi connectivity index (χ4n) is 2.20. The quantitative estimate of drug-likeness (QED) is 0.496. The molecule has 0 bridgehead atoms. The van der Waals surface area contributed by atoms with E-state index in [0.717, 1.165) is 0 Å². The van der Waals surface area contributed by atoms with Crippen LogP contribution in [0.5, 0.6) is 11.5 Å². The normalized spacial score (nSPS) is 10.6. The van der Waals surface area contributed by atoms with Crippen molar-refractivity contribution >= 4 is 46.8 Å². The maximum Gasteiger partial charge on any atom is 0.331 e. The van der Waals surface area contributed by atoms with E-state index in [0.29, 0.717) is 23.7 Å². The van der Waals surface area contributed by atoms with Crippen molar-refractivity contribution in [2.75, 3.05) is 25.6 Å². The van der Waals surface area contributed by atoms with Gasteiger partial charge in [-0.25, -0.2) is 4.79 Å². The van der Waals surface area contributed by atoms with Crippen molar-refractivity contribution in [3.05, 3.63) is 58.1 Å². The van der Waals surface area contributed by atoms with Crippen LogP contribution in [0.4, 0.5) is 5.69 Å². The summed E-state index contributed by atoms with van der Waals surface area (Å²) in [5, 5.41) is 3.08. The fraction of sp³-hybridized carbons (Fsp3) is 0.200. The molecule has 0 aliphatic carbocycles. The van der Waals surface area contributed by atoms with Gasteiger partial charge in [0.15, 0.2) is 18.1 Å². The van der Waals surface area contributed by atoms with Gasteiger partial charge in [-0.05, 0) is 42.8 Å². The number of amides is 1. The minimum atomic E-state index is -0.673. The zero-order valence-corrected chi connectivity index (χ0v) is 16.8. The van der Waals surface area contributed by atoms with Gasteiger partial charge in [0.25, 0.3) is 5.91 Å². The molecule has 8 heteroatoms. The van der Waals surface area contributed by atoms with Crippen LogP contribution in [0, 0.1) is 0 Å². The summed E-state index contributed by atoms with van der Waals surface area (Å²) >= 11 is 11.9. The standard InChI is InChI=1S/C20H19Cl2NO5/c1-3-27-16-9-7-13(11-17(16)26-2)8-10-19(25)28-12-18(24)23-20-14(21)5-4-6-15(20)22/h4-11H,3,12H2,1-2H3,(H,23,24)/b10-8+. The van der Waals surface area contributed by atoms with Gasteiger partial charge in [0.05, 0.1) is 29.4 Å². The van der Waals surface area contributed by atoms with Gasteiger partial charge in [-0.3, -0.25) is 4.79 Å². The predicted molar refractivity (Wildman–Crippen MR) is 109 cm³/mol. The second-order valence-corrected chi connectivity index (χ2v) is 6.24. The monoisotopic (exact) mass is 423 g/mol. The Bertz CT molecular complexity index is 863. The van der Waals surface area contributed by atoms with Crippen LogP contribution in [0.2, 0.25) is 10.0 Å². The average Bonchev–Trinajstić information content (AvgIpc) is 2.68. The zero-order chi connectivity index (χ0) is 20.5. The molecule has 0 saturated carbocycles. The number of hydrogen-bond donors (Lipinski definition) is 1. The number of para-hydroxylation sites is 1. The maximum atomic E-state index is 11.9. The summed E-state index contributed by atoms with van der Waals surface area (Å²) in [4.78, 5) is 23.8. The summed E-state index contributed by atoms with van der Waals surface area (Å²) in [6.07, 6.45) is 2.76. The van der Waals surface area contributed by atoms with Crippen LogP contribution in [0.15, 0.2) is 42.5 Å². The lowest BCUT2D eigenvalue weighted by Gasteiger charge is -2.09. The molecule has 6 nitrogen and oxygen atoms in total. The molecule has 2 rings (SSSR count). The molecular weight excluding hydrogens is 405 g/mol. The molecule has 0 aliphatic heterocycles. The third kappa shape index (κ3) is 6.18. The summed E-state index contributed by atoms with van der Waals surface area (Å²) in [7, 11) is 1.53. The van der Waals surface area contributed by atoms with Gasteiger partial charge in [0.2, 0.25) is 0 Å². The van der Waals surface area contributed by atoms with Crippen LogP contribution in [0.25, 0.3) is 6.08 Å². The van der Waals surface area contributed by atoms with E-state index in [1.54, 1.807) is 42.5 Å². The van der Waals surface area contributed by atoms with Crippen molar-refractivity contribution in [1.29, 1.82) is 0 Å². The third-order valence-electron chi connectivity index (χ3n) is 3.47. The van der Waals surface area contributed by atoms with Crippen molar-refractivity contribution in [2.24, 2.45) is 0 Å². The molecule has 0 heterocycles. The Morgan fingerprint density at radius 3 is 2.46 bits per heavy atom. The van der Waals surface area contributed by atoms with Crippen molar-refractivity contribution in [2.45, 2.75) is 6.92 Å². The number of hydrogen-bond acceptors (Lipinski definition) is 5. The van der Waals surface area contributed by atoms with E-state index in [2.05, 4.69) is 5.32 Å². The van der Waals surface area contributed by atoms with Gasteiger partial charge in [-0.1, -0.05) is 35.3 Å². The highest BCUT2D eigenvalue weighted by atomic mass is 35.5. The van der Waals surface area contributed by atoms with E-state index in [4.69, 9.17) is 37.4 Å². The SMILES string of the molecule is CCOc1ccc(/C=C/C(=O)OCC(=O)Nc2c(Cl)cccc2Cl)cc1OC. The van der Waals surface area contributed by atoms with E-state index < -0.39 is 18.5 Å². The van der Waals surface area contributed by atoms with E-state index in [9.17, 15) is 9.59 Å². The lowest BCUT2D eigenvalue weighted by Crippen LogP contribution is -2.20. The lowest BCUT2D eigenvalue weighted by molar-refractivity contribution is -0.142. The topological polar surface area (TPSA) is 73.9 Å². The molecule has 2 aromatic carbocycles. The molecule has 28 heavy (non-hydrogen) atoms. The lowest BCUT2D eigenvalue weighted by atomic mass is 10.2. The minimum absolute atomic E-state index is 0.268. The van der Waals surface area contributed by atoms with Crippen molar-refractivity contribution in [1.82, 2.24) is 0 Å². The maximum absolute atomic E-state index is 11.9. The molecule has 1 N–H and O–H groups in total. The minimum Gasteiger partial charge on any atom is -0.493 e. The second kappa shape index (κ2) is 10.6. The Labute approximate surface area is 173 Å². The fourth-order valence-corrected chi connectivity index (χ4v) is 2.70. The summed E-state index contributed by atoms with van der Waals surface area (Å²) in [6.45, 7) is 1.91. The van der Waals surface area contributed by atoms with Gasteiger partial charge < -0.3 is 19.5 Å². The van der Waals surface area contributed by atoms with E-state index in [1.807, 2.05) is 6.92 Å². The Morgan fingerprint density at radius 1 is 1.11 bits per heavy atom. The van der Waals surface area contributed by atoms with E-state index in [1.165, 1.54) is 13.2 Å². The van der Waals surface area contributed by atoms with Crippen LogP contribution in [0.3, 0.4) is 0 Å². The van der Waals surface area contributed by atoms with Gasteiger partial charge >= 0.3 is 5.97 Å². The van der Waals surface area contributed by atoms with Crippen molar-refractivity contribution in [3.63, 3.8) is 0 Å². The molecule has 0 aliphatic rings. The smallest absolute Gasteiger partial charge is 0.331 e. The van der Waals surface area contributed by atoms with Crippen LogP contribution in [0.1, 0.15) is 12.5 Å². The number of rotatable bonds is 8. The summed E-state index contributed by atoms with van der Waals surface area (Å²) < 4.78 is 15.6. The summed E-state index contributed by atoms with van der Waals surface area (Å²) in [5.41, 5.74) is 0.980. The van der Waals surface area contributed by atoms with Crippen LogP contribution in [-0.2, 0) is 14.3 Å². The number of ether oxygens (including phenoxy) is 3. The molecule has 0 fully saturated rings. The number of nitrogens with one attached hydrogen (secondary N) is 1. The van der Waals surface area contributed by atoms with Gasteiger partial charge in [0, 0.05) is 6.08 Å². The highest BCUT2D eigenvalue weighted by molar-refractivity contribution is 6.39. The largest absolute Gasteiger partial charge is 0.493 e. The molecule has 1 amide bonds. The Kier molecular flexibility index (Phi) is 8.17. The number of carbonyl (C=O) groups is 2. The number of halogens is 2. The molecule has 2 aromatic rings. The number of carbonyl (C=O) groups excluding carboxylic acids is 2. The number of methoxy groups -OCH3 is 1. The van der Waals surface area contributed by atoms with Gasteiger partial charge in [-0.15, -0.1) is 0 Å². The highest BCUT2D eigenvalue weighted by Crippen LogP contribution is 2.30. The average molecular weight is 424 g/mol. The molecule has 0 aromatic heterocycles. The number of anilines is 1. The van der Waals surface area contributed by atoms with Crippen LogP contribution in [-0.4, -0.2) is 32.2 Å². The Hall–Kier alpha value is -2.70. The molecule has 0 spiro atoms. The molecule has 0 saturated heterocycles. The molecule has 148 valence electrons. The molecular formula is C20H19Cl2NO5. The molecule has 0 atom stereocenters. The predicted octanol–water partition coefficient (Wildman–Crippen LogP) is 4.60. The zero-order valence-electron chi connectivity index (χ0n) is 15.3. The number of esters is 1. The van der Waals surface area contributed by atoms with Gasteiger partial charge in [-0.2, -0.15) is 0 Å². The molecule has 0 unspecified atom stereocenters. The van der Waals surface area contributed by atoms with Crippen LogP contribution < -0.4 is 14.8 Å². The number of benzene rings is 2. The van der Waals surface area contributed by atoms with Gasteiger partial charge in [0.1, 0.15) is 0 Å². The summed E-state index contributed by atoms with van der Waals surface area (Å²) in [6, 6.07) is 10.1. The first-order valence-electron chi connectivity index (χ1n) is 8.34. The van der Waals surface area contributed by atoms with E-state index in [-0.39, 0.29) is 15.7 Å². The van der Waals surface area contributed by atoms with Crippen molar-refractivity contribution in [3.8, 4) is 11.5 Å². The van der Waals surface area contributed by atoms with E-state index >= 15 is 0 Å². The second-order valence-electron chi connectivity index (χ2n) is 5.43. The first-order chi connectivity index (χ1) is 13.4. The third-order valence-corrected chi connectivity index (χ3v) is 4.10. The van der Waals surface area contributed by atoms with Crippen molar-refractivity contribution < 1.29 is 23.8 Å². The molecule has 0 radical (unpaired) electrons. The Morgan fingerprint density at radius 2 is 1.82 bits per heavy atom. The van der Waals surface area contributed by atoms with Crippen LogP contribution >= 0.6 is 23.2 Å². The highest BCUT2D eigenvalue weighted by Gasteiger charge is 2.11. The summed E-state index contributed by atoms with van der Waals surface area (Å²) in [5.74, 6) is -0.0688. The first-order valence-corrected chi connectivity index (χ1v) is 9.09.